The quantitative estimate of drug-likeness (QED) is 0.668. The number of aromatic nitrogens is 2. The van der Waals surface area contributed by atoms with Crippen molar-refractivity contribution in [3.63, 3.8) is 0 Å². The molecule has 0 saturated carbocycles. The zero-order valence-electron chi connectivity index (χ0n) is 11.1. The minimum atomic E-state index is 1.10. The van der Waals surface area contributed by atoms with Crippen LogP contribution in [0.1, 0.15) is 25.1 Å². The lowest BCUT2D eigenvalue weighted by Crippen LogP contribution is -2.14. The molecule has 1 aromatic heterocycles. The average molecular weight is 215 g/mol. The van der Waals surface area contributed by atoms with Crippen LogP contribution in [0.5, 0.6) is 0 Å². The first-order valence-electron chi connectivity index (χ1n) is 5.87. The Balaban J connectivity index is 0.000000606. The summed E-state index contributed by atoms with van der Waals surface area (Å²) in [4.78, 5) is 0. The molecule has 0 atom stereocenters. The third-order valence-corrected chi connectivity index (χ3v) is 2.73. The second-order valence-corrected chi connectivity index (χ2v) is 3.72. The lowest BCUT2D eigenvalue weighted by Gasteiger charge is -2.03. The van der Waals surface area contributed by atoms with E-state index in [9.17, 15) is 0 Å². The number of hydrogen-bond donors (Lipinski definition) is 0. The second kappa shape index (κ2) is 5.19. The van der Waals surface area contributed by atoms with Gasteiger partial charge in [0.2, 0.25) is 0 Å². The van der Waals surface area contributed by atoms with Crippen molar-refractivity contribution >= 4 is 23.6 Å². The molecular weight excluding hydrogens is 195 g/mol. The molecule has 0 spiro atoms. The fourth-order valence-electron chi connectivity index (χ4n) is 1.91. The Hall–Kier alpha value is -1.25. The van der Waals surface area contributed by atoms with Gasteiger partial charge in [0.1, 0.15) is 7.28 Å². The van der Waals surface area contributed by atoms with Crippen molar-refractivity contribution in [3.05, 3.63) is 23.4 Å². The highest BCUT2D eigenvalue weighted by Crippen LogP contribution is 2.17. The number of rotatable bonds is 1. The van der Waals surface area contributed by atoms with Gasteiger partial charge < -0.3 is 0 Å². The van der Waals surface area contributed by atoms with Gasteiger partial charge in [-0.15, -0.1) is 0 Å². The summed E-state index contributed by atoms with van der Waals surface area (Å²) in [6, 6.07) is 4.41. The summed E-state index contributed by atoms with van der Waals surface area (Å²) in [6.07, 6.45) is 0. The molecular formula is C13H20BN2. The van der Waals surface area contributed by atoms with Crippen LogP contribution in [0.2, 0.25) is 6.82 Å². The van der Waals surface area contributed by atoms with E-state index in [0.29, 0.717) is 0 Å². The molecule has 1 radical (unpaired) electrons. The molecule has 16 heavy (non-hydrogen) atoms. The molecule has 2 nitrogen and oxygen atoms in total. The van der Waals surface area contributed by atoms with Gasteiger partial charge in [0.15, 0.2) is 0 Å². The van der Waals surface area contributed by atoms with Crippen LogP contribution in [-0.2, 0) is 7.05 Å². The molecule has 1 heterocycles. The number of hydrogen-bond acceptors (Lipinski definition) is 1. The molecule has 85 valence electrons. The highest BCUT2D eigenvalue weighted by atomic mass is 15.3. The van der Waals surface area contributed by atoms with E-state index in [2.05, 4.69) is 45.2 Å². The zero-order valence-corrected chi connectivity index (χ0v) is 11.1. The Morgan fingerprint density at radius 1 is 1.19 bits per heavy atom. The minimum absolute atomic E-state index is 1.10. The fraction of sp³-hybridized carbons (Fsp3) is 0.462. The molecule has 2 aromatic rings. The van der Waals surface area contributed by atoms with Crippen LogP contribution < -0.4 is 5.46 Å². The van der Waals surface area contributed by atoms with E-state index in [-0.39, 0.29) is 0 Å². The van der Waals surface area contributed by atoms with Gasteiger partial charge in [0.25, 0.3) is 0 Å². The Kier molecular flexibility index (Phi) is 4.16. The molecule has 0 aliphatic rings. The van der Waals surface area contributed by atoms with Crippen molar-refractivity contribution in [2.75, 3.05) is 0 Å². The molecule has 0 saturated heterocycles. The molecule has 0 N–H and O–H groups in total. The standard InChI is InChI=1S/C11H14BN2.C2H6/c1-7-5-9-8(2)13-14(4)11(9)6-10(7)12-3;1-2/h5-6H,1-4H3;1-2H3. The summed E-state index contributed by atoms with van der Waals surface area (Å²) < 4.78 is 1.94. The largest absolute Gasteiger partial charge is 0.268 e. The van der Waals surface area contributed by atoms with Gasteiger partial charge in [0.05, 0.1) is 11.2 Å². The summed E-state index contributed by atoms with van der Waals surface area (Å²) in [5.41, 5.74) is 4.92. The summed E-state index contributed by atoms with van der Waals surface area (Å²) in [6.45, 7) is 10.3. The van der Waals surface area contributed by atoms with Gasteiger partial charge in [-0.1, -0.05) is 31.7 Å². The molecule has 0 amide bonds. The average Bonchev–Trinajstić information content (AvgIpc) is 2.56. The summed E-state index contributed by atoms with van der Waals surface area (Å²) in [5, 5.41) is 5.67. The van der Waals surface area contributed by atoms with Crippen LogP contribution in [0, 0.1) is 13.8 Å². The first-order valence-corrected chi connectivity index (χ1v) is 5.87. The maximum Gasteiger partial charge on any atom is 0.148 e. The Morgan fingerprint density at radius 2 is 1.81 bits per heavy atom. The van der Waals surface area contributed by atoms with Crippen LogP contribution in [0.25, 0.3) is 10.9 Å². The molecule has 0 fully saturated rings. The van der Waals surface area contributed by atoms with E-state index in [0.717, 1.165) is 5.69 Å². The molecule has 3 heteroatoms. The first kappa shape index (κ1) is 12.8. The Bertz CT molecular complexity index is 486. The molecule has 0 aliphatic carbocycles. The predicted molar refractivity (Wildman–Crippen MR) is 72.8 cm³/mol. The van der Waals surface area contributed by atoms with E-state index in [1.165, 1.54) is 21.9 Å². The third-order valence-electron chi connectivity index (χ3n) is 2.73. The summed E-state index contributed by atoms with van der Waals surface area (Å²) in [7, 11) is 4.13. The molecule has 0 bridgehead atoms. The molecule has 1 aromatic carbocycles. The molecule has 0 unspecified atom stereocenters. The van der Waals surface area contributed by atoms with Gasteiger partial charge in [-0.25, -0.2) is 0 Å². The van der Waals surface area contributed by atoms with Gasteiger partial charge >= 0.3 is 0 Å². The maximum atomic E-state index is 4.41. The topological polar surface area (TPSA) is 17.8 Å². The monoisotopic (exact) mass is 215 g/mol. The lowest BCUT2D eigenvalue weighted by molar-refractivity contribution is 0.783. The summed E-state index contributed by atoms with van der Waals surface area (Å²) >= 11 is 0. The molecule has 2 rings (SSSR count). The minimum Gasteiger partial charge on any atom is -0.268 e. The van der Waals surface area contributed by atoms with E-state index in [1.54, 1.807) is 0 Å². The number of fused-ring (bicyclic) bond motifs is 1. The van der Waals surface area contributed by atoms with Crippen LogP contribution in [0.3, 0.4) is 0 Å². The zero-order chi connectivity index (χ0) is 12.3. The van der Waals surface area contributed by atoms with Crippen LogP contribution >= 0.6 is 0 Å². The van der Waals surface area contributed by atoms with Gasteiger partial charge in [-0.05, 0) is 26.0 Å². The van der Waals surface area contributed by atoms with Crippen molar-refractivity contribution in [2.24, 2.45) is 7.05 Å². The normalized spacial score (nSPS) is 9.88. The van der Waals surface area contributed by atoms with E-state index in [4.69, 9.17) is 0 Å². The Morgan fingerprint density at radius 3 is 2.38 bits per heavy atom. The fourth-order valence-corrected chi connectivity index (χ4v) is 1.91. The smallest absolute Gasteiger partial charge is 0.148 e. The van der Waals surface area contributed by atoms with Gasteiger partial charge in [-0.2, -0.15) is 5.10 Å². The van der Waals surface area contributed by atoms with E-state index in [1.807, 2.05) is 25.6 Å². The highest BCUT2D eigenvalue weighted by molar-refractivity contribution is 6.53. The van der Waals surface area contributed by atoms with Crippen LogP contribution in [0.15, 0.2) is 12.1 Å². The lowest BCUT2D eigenvalue weighted by atomic mass is 9.71. The van der Waals surface area contributed by atoms with E-state index >= 15 is 0 Å². The number of aryl methyl sites for hydroxylation is 3. The van der Waals surface area contributed by atoms with Crippen molar-refractivity contribution < 1.29 is 0 Å². The van der Waals surface area contributed by atoms with Gasteiger partial charge in [0, 0.05) is 12.4 Å². The first-order chi connectivity index (χ1) is 7.63. The van der Waals surface area contributed by atoms with E-state index < -0.39 is 0 Å². The third kappa shape index (κ3) is 2.13. The number of benzene rings is 1. The maximum absolute atomic E-state index is 4.41. The van der Waals surface area contributed by atoms with Crippen molar-refractivity contribution in [3.8, 4) is 0 Å². The SMILES string of the molecule is CC.C[B]c1cc2c(cc1C)c(C)nn2C. The van der Waals surface area contributed by atoms with Crippen molar-refractivity contribution in [2.45, 2.75) is 34.5 Å². The number of nitrogens with zero attached hydrogens (tertiary/aromatic N) is 2. The predicted octanol–water partition coefficient (Wildman–Crippen LogP) is 2.59. The summed E-state index contributed by atoms with van der Waals surface area (Å²) in [5.74, 6) is 0. The molecule has 0 aliphatic heterocycles. The highest BCUT2D eigenvalue weighted by Gasteiger charge is 2.07. The van der Waals surface area contributed by atoms with Gasteiger partial charge in [-0.3, -0.25) is 4.68 Å². The van der Waals surface area contributed by atoms with Crippen molar-refractivity contribution in [1.82, 2.24) is 9.78 Å². The van der Waals surface area contributed by atoms with Crippen LogP contribution in [0.4, 0.5) is 0 Å². The second-order valence-electron chi connectivity index (χ2n) is 3.72. The van der Waals surface area contributed by atoms with Crippen LogP contribution in [-0.4, -0.2) is 17.1 Å². The van der Waals surface area contributed by atoms with Crippen molar-refractivity contribution in [1.29, 1.82) is 0 Å². The Labute approximate surface area is 98.9 Å².